The number of aliphatic hydroxyl groups excluding tert-OH is 1. The fraction of sp³-hybridized carbons (Fsp3) is 0.304. The number of thiazole rings is 1. The highest BCUT2D eigenvalue weighted by Gasteiger charge is 2.43. The first kappa shape index (κ1) is 40.6. The minimum atomic E-state index is -0.833. The van der Waals surface area contributed by atoms with Crippen molar-refractivity contribution in [3.8, 4) is 44.5 Å². The van der Waals surface area contributed by atoms with Crippen LogP contribution in [0.25, 0.3) is 43.9 Å². The number of ether oxygens (including phenoxy) is 1. The number of carbonyl (C=O) groups is 2. The predicted octanol–water partition coefficient (Wildman–Crippen LogP) is 6.51. The highest BCUT2D eigenvalue weighted by Crippen LogP contribution is 2.39. The number of aromatic hydroxyl groups is 1. The quantitative estimate of drug-likeness (QED) is 0.121. The Morgan fingerprint density at radius 2 is 1.73 bits per heavy atom. The van der Waals surface area contributed by atoms with Crippen LogP contribution in [-0.4, -0.2) is 96.1 Å². The number of carbonyl (C=O) groups excluding carboxylic acids is 2. The maximum atomic E-state index is 14.2. The van der Waals surface area contributed by atoms with E-state index in [4.69, 9.17) is 9.26 Å². The third-order valence-electron chi connectivity index (χ3n) is 11.7. The van der Waals surface area contributed by atoms with Gasteiger partial charge in [-0.05, 0) is 48.2 Å². The van der Waals surface area contributed by atoms with Crippen molar-refractivity contribution in [2.24, 2.45) is 5.92 Å². The molecule has 3 aromatic carbocycles. The number of hydrogen-bond donors (Lipinski definition) is 3. The average molecular weight is 852 g/mol. The molecule has 316 valence electrons. The Hall–Kier alpha value is -6.78. The van der Waals surface area contributed by atoms with Gasteiger partial charge in [-0.2, -0.15) is 0 Å². The number of β-amino-alcohol motifs (C(OH)–C–C–N with tert-alkyl or cyclic N) is 1. The van der Waals surface area contributed by atoms with E-state index in [0.717, 1.165) is 38.4 Å². The van der Waals surface area contributed by atoms with Crippen LogP contribution in [0.5, 0.6) is 11.5 Å². The number of aryl methyl sites for hydroxylation is 1. The molecule has 2 saturated heterocycles. The van der Waals surface area contributed by atoms with Crippen molar-refractivity contribution in [1.82, 2.24) is 40.5 Å². The van der Waals surface area contributed by atoms with Crippen molar-refractivity contribution in [1.29, 1.82) is 0 Å². The van der Waals surface area contributed by atoms with Crippen LogP contribution in [0.1, 0.15) is 54.7 Å². The number of anilines is 1. The Kier molecular flexibility index (Phi) is 11.1. The van der Waals surface area contributed by atoms with Gasteiger partial charge < -0.3 is 34.6 Å². The lowest BCUT2D eigenvalue weighted by molar-refractivity contribution is -0.141. The molecule has 2 fully saturated rings. The molecule has 0 bridgehead atoms. The van der Waals surface area contributed by atoms with Gasteiger partial charge in [0.1, 0.15) is 34.9 Å². The molecule has 2 aliphatic rings. The number of aromatic nitrogens is 6. The lowest BCUT2D eigenvalue weighted by Gasteiger charge is -2.40. The molecule has 2 aliphatic heterocycles. The predicted molar refractivity (Wildman–Crippen MR) is 234 cm³/mol. The van der Waals surface area contributed by atoms with E-state index < -0.39 is 18.1 Å². The number of rotatable bonds is 12. The van der Waals surface area contributed by atoms with E-state index in [9.17, 15) is 19.8 Å². The van der Waals surface area contributed by atoms with E-state index in [1.807, 2.05) is 74.8 Å². The number of hydrogen-bond acceptors (Lipinski definition) is 14. The van der Waals surface area contributed by atoms with Gasteiger partial charge in [-0.25, -0.2) is 15.0 Å². The van der Waals surface area contributed by atoms with E-state index in [0.29, 0.717) is 52.8 Å². The summed E-state index contributed by atoms with van der Waals surface area (Å²) >= 11 is 1.58. The number of aliphatic hydroxyl groups is 1. The molecule has 6 heterocycles. The van der Waals surface area contributed by atoms with Crippen LogP contribution in [0.4, 0.5) is 5.95 Å². The van der Waals surface area contributed by atoms with Crippen molar-refractivity contribution in [2.75, 3.05) is 31.6 Å². The monoisotopic (exact) mass is 851 g/mol. The maximum Gasteiger partial charge on any atom is 0.243 e. The molecule has 3 atom stereocenters. The Morgan fingerprint density at radius 3 is 2.44 bits per heavy atom. The molecule has 15 nitrogen and oxygen atoms in total. The number of benzene rings is 3. The van der Waals surface area contributed by atoms with Crippen LogP contribution >= 0.6 is 11.3 Å². The van der Waals surface area contributed by atoms with Gasteiger partial charge in [0.25, 0.3) is 0 Å². The zero-order valence-corrected chi connectivity index (χ0v) is 35.4. The zero-order valence-electron chi connectivity index (χ0n) is 34.6. The van der Waals surface area contributed by atoms with E-state index >= 15 is 0 Å². The normalized spacial score (nSPS) is 17.1. The first-order chi connectivity index (χ1) is 30.0. The number of nitrogens with zero attached hydrogens (tertiary/aromatic N) is 8. The summed E-state index contributed by atoms with van der Waals surface area (Å²) in [7, 11) is 1.64. The molecule has 16 heteroatoms. The third kappa shape index (κ3) is 7.94. The van der Waals surface area contributed by atoms with Crippen LogP contribution in [0, 0.1) is 12.8 Å². The van der Waals surface area contributed by atoms with Gasteiger partial charge >= 0.3 is 0 Å². The van der Waals surface area contributed by atoms with Crippen LogP contribution in [-0.2, 0) is 16.1 Å². The first-order valence-corrected chi connectivity index (χ1v) is 21.4. The highest BCUT2D eigenvalue weighted by atomic mass is 32.1. The van der Waals surface area contributed by atoms with E-state index in [1.165, 1.54) is 4.90 Å². The Bertz CT molecular complexity index is 2750. The van der Waals surface area contributed by atoms with E-state index in [1.54, 1.807) is 49.0 Å². The second-order valence-electron chi connectivity index (χ2n) is 16.2. The summed E-state index contributed by atoms with van der Waals surface area (Å²) in [5.74, 6) is 0.368. The summed E-state index contributed by atoms with van der Waals surface area (Å²) < 4.78 is 11.6. The summed E-state index contributed by atoms with van der Waals surface area (Å²) in [5.41, 5.74) is 8.80. The Balaban J connectivity index is 0.843. The fourth-order valence-electron chi connectivity index (χ4n) is 8.31. The molecule has 0 unspecified atom stereocenters. The van der Waals surface area contributed by atoms with Gasteiger partial charge in [0, 0.05) is 85.1 Å². The Morgan fingerprint density at radius 1 is 0.952 bits per heavy atom. The summed E-state index contributed by atoms with van der Waals surface area (Å²) in [6.45, 7) is 7.47. The minimum Gasteiger partial charge on any atom is -0.507 e. The maximum absolute atomic E-state index is 14.2. The SMILES string of the molecule is COc1cc2nnc(-c3ccccc3O)cc2cc1C1CN(c2ncc(-c3cc([C@H](C(=O)N4C[C@H](O)C[C@H]4C(=O)NCc4ccc(-c5scnc5C)cc4)C(C)C)on3)cn2)C1. The van der Waals surface area contributed by atoms with Gasteiger partial charge in [-0.3, -0.25) is 9.59 Å². The molecule has 0 spiro atoms. The summed E-state index contributed by atoms with van der Waals surface area (Å²) in [6.07, 6.45) is 2.68. The summed E-state index contributed by atoms with van der Waals surface area (Å²) in [4.78, 5) is 46.0. The minimum absolute atomic E-state index is 0.0413. The number of para-hydroxylation sites is 1. The van der Waals surface area contributed by atoms with Gasteiger partial charge in [0.15, 0.2) is 0 Å². The van der Waals surface area contributed by atoms with Crippen molar-refractivity contribution >= 4 is 40.0 Å². The van der Waals surface area contributed by atoms with Crippen LogP contribution < -0.4 is 15.0 Å². The number of amides is 2. The smallest absolute Gasteiger partial charge is 0.243 e. The number of likely N-dealkylation sites (tertiary alicyclic amines) is 1. The molecule has 62 heavy (non-hydrogen) atoms. The average Bonchev–Trinajstić information content (AvgIpc) is 4.02. The van der Waals surface area contributed by atoms with Crippen molar-refractivity contribution in [2.45, 2.75) is 57.7 Å². The van der Waals surface area contributed by atoms with Crippen molar-refractivity contribution in [3.63, 3.8) is 0 Å². The van der Waals surface area contributed by atoms with Gasteiger partial charge in [0.2, 0.25) is 17.8 Å². The van der Waals surface area contributed by atoms with Crippen LogP contribution in [0.2, 0.25) is 0 Å². The fourth-order valence-corrected chi connectivity index (χ4v) is 9.13. The van der Waals surface area contributed by atoms with E-state index in [-0.39, 0.29) is 48.9 Å². The van der Waals surface area contributed by atoms with Gasteiger partial charge in [-0.15, -0.1) is 21.5 Å². The summed E-state index contributed by atoms with van der Waals surface area (Å²) in [5, 5.41) is 37.9. The largest absolute Gasteiger partial charge is 0.507 e. The number of nitrogens with one attached hydrogen (secondary N) is 1. The molecular weight excluding hydrogens is 807 g/mol. The number of methoxy groups -OCH3 is 1. The molecule has 0 radical (unpaired) electrons. The zero-order chi connectivity index (χ0) is 43.1. The van der Waals surface area contributed by atoms with Crippen molar-refractivity contribution in [3.05, 3.63) is 113 Å². The molecule has 3 N–H and O–H groups in total. The summed E-state index contributed by atoms with van der Waals surface area (Å²) in [6, 6.07) is 21.8. The topological polar surface area (TPSA) is 193 Å². The Labute approximate surface area is 361 Å². The second-order valence-corrected chi connectivity index (χ2v) is 17.0. The molecule has 0 saturated carbocycles. The molecular formula is C46H45N9O6S. The standard InChI is InChI=1S/C46H45N9O6S/c1-25(2)42(45(59)55-23-32(56)15-38(55)44(58)47-18-27-9-11-28(12-10-27)43-26(3)50-24-62-43)41-17-36(53-61-41)30-19-48-46(49-20-30)54-21-31(22-54)34-13-29-14-37(33-7-5-6-8-39(33)57)52-51-35(29)16-40(34)60-4/h5-14,16-17,19-20,24-25,31-32,38,42,56-57H,15,18,21-23H2,1-4H3,(H,47,58)/t32-,38+,42-/m1/s1. The number of phenols is 1. The third-order valence-corrected chi connectivity index (χ3v) is 12.7. The highest BCUT2D eigenvalue weighted by molar-refractivity contribution is 7.13. The second kappa shape index (κ2) is 16.9. The van der Waals surface area contributed by atoms with Crippen molar-refractivity contribution < 1.29 is 29.1 Å². The number of phenolic OH excluding ortho intramolecular Hbond substituents is 1. The molecule has 7 aromatic rings. The lowest BCUT2D eigenvalue weighted by Crippen LogP contribution is -2.48. The van der Waals surface area contributed by atoms with E-state index in [2.05, 4.69) is 46.6 Å². The first-order valence-electron chi connectivity index (χ1n) is 20.5. The lowest BCUT2D eigenvalue weighted by atomic mass is 9.89. The molecule has 4 aromatic heterocycles. The van der Waals surface area contributed by atoms with Gasteiger partial charge in [-0.1, -0.05) is 55.4 Å². The molecule has 9 rings (SSSR count). The van der Waals surface area contributed by atoms with Crippen LogP contribution in [0.3, 0.4) is 0 Å². The van der Waals surface area contributed by atoms with Crippen LogP contribution in [0.15, 0.2) is 95.2 Å². The number of fused-ring (bicyclic) bond motifs is 1. The van der Waals surface area contributed by atoms with Gasteiger partial charge in [0.05, 0.1) is 40.5 Å². The molecule has 0 aliphatic carbocycles. The molecule has 2 amide bonds.